The number of benzene rings is 1. The molecule has 2 heterocycles. The highest BCUT2D eigenvalue weighted by Crippen LogP contribution is 2.31. The van der Waals surface area contributed by atoms with Crippen molar-refractivity contribution in [2.75, 3.05) is 11.9 Å². The third-order valence-corrected chi connectivity index (χ3v) is 6.41. The first-order chi connectivity index (χ1) is 18.8. The van der Waals surface area contributed by atoms with Gasteiger partial charge in [0, 0.05) is 47.4 Å². The Balaban J connectivity index is 1.20. The summed E-state index contributed by atoms with van der Waals surface area (Å²) in [6, 6.07) is 6.10. The number of urea groups is 1. The molecule has 0 radical (unpaired) electrons. The van der Waals surface area contributed by atoms with E-state index in [4.69, 9.17) is 9.47 Å². The van der Waals surface area contributed by atoms with Crippen LogP contribution in [0.15, 0.2) is 42.9 Å². The van der Waals surface area contributed by atoms with E-state index in [-0.39, 0.29) is 30.5 Å². The highest BCUT2D eigenvalue weighted by atomic mass is 19.1. The van der Waals surface area contributed by atoms with Crippen LogP contribution in [-0.4, -0.2) is 45.6 Å². The number of pyridine rings is 1. The predicted molar refractivity (Wildman–Crippen MR) is 144 cm³/mol. The van der Waals surface area contributed by atoms with E-state index in [1.165, 1.54) is 12.1 Å². The van der Waals surface area contributed by atoms with Crippen molar-refractivity contribution >= 4 is 29.5 Å². The normalized spacial score (nSPS) is 15.0. The zero-order valence-corrected chi connectivity index (χ0v) is 21.9. The zero-order chi connectivity index (χ0) is 27.4. The summed E-state index contributed by atoms with van der Waals surface area (Å²) in [5.74, 6) is -0.0871. The number of allylic oxidation sites excluding steroid dienone is 1. The van der Waals surface area contributed by atoms with E-state index in [0.717, 1.165) is 42.4 Å². The zero-order valence-electron chi connectivity index (χ0n) is 21.9. The molecule has 5 rings (SSSR count). The van der Waals surface area contributed by atoms with Crippen molar-refractivity contribution in [1.82, 2.24) is 25.4 Å². The van der Waals surface area contributed by atoms with E-state index >= 15 is 0 Å². The molecule has 10 nitrogen and oxygen atoms in total. The quantitative estimate of drug-likeness (QED) is 0.327. The van der Waals surface area contributed by atoms with Crippen molar-refractivity contribution in [1.29, 1.82) is 0 Å². The number of carbonyl (C=O) groups excluding carboxylic acids is 2. The Labute approximate surface area is 225 Å². The third kappa shape index (κ3) is 7.34. The summed E-state index contributed by atoms with van der Waals surface area (Å²) in [5.41, 5.74) is 3.58. The number of alkyl carbamates (subject to hydrolysis) is 1. The Hall–Kier alpha value is -4.41. The number of nitrogens with zero attached hydrogens (tertiary/aromatic N) is 3. The summed E-state index contributed by atoms with van der Waals surface area (Å²) < 4.78 is 27.5. The minimum absolute atomic E-state index is 0.0402. The highest BCUT2D eigenvalue weighted by Gasteiger charge is 2.24. The first-order valence-electron chi connectivity index (χ1n) is 13.0. The second-order valence-corrected chi connectivity index (χ2v) is 9.81. The Bertz CT molecular complexity index is 1400. The SMILES string of the molecule is C/C(=C\c1nccc(Oc2ccc(NC(=O)NC3CC3)cc2F)c1C)c1cnn(CCOC(=O)NC2CC2)c1. The fourth-order valence-corrected chi connectivity index (χ4v) is 3.80. The van der Waals surface area contributed by atoms with Crippen molar-refractivity contribution in [3.63, 3.8) is 0 Å². The number of hydrogen-bond acceptors (Lipinski definition) is 6. The van der Waals surface area contributed by atoms with Gasteiger partial charge in [-0.3, -0.25) is 9.67 Å². The molecule has 0 aliphatic heterocycles. The Morgan fingerprint density at radius 3 is 2.64 bits per heavy atom. The number of anilines is 1. The number of nitrogens with one attached hydrogen (secondary N) is 3. The molecule has 3 N–H and O–H groups in total. The fourth-order valence-electron chi connectivity index (χ4n) is 3.80. The van der Waals surface area contributed by atoms with Gasteiger partial charge in [0.25, 0.3) is 0 Å². The van der Waals surface area contributed by atoms with Gasteiger partial charge in [0.15, 0.2) is 11.6 Å². The van der Waals surface area contributed by atoms with E-state index < -0.39 is 11.9 Å². The van der Waals surface area contributed by atoms with Gasteiger partial charge in [-0.15, -0.1) is 0 Å². The molecule has 11 heteroatoms. The third-order valence-electron chi connectivity index (χ3n) is 6.41. The first kappa shape index (κ1) is 26.2. The number of carbonyl (C=O) groups is 2. The topological polar surface area (TPSA) is 119 Å². The van der Waals surface area contributed by atoms with Crippen LogP contribution < -0.4 is 20.7 Å². The highest BCUT2D eigenvalue weighted by molar-refractivity contribution is 5.89. The van der Waals surface area contributed by atoms with Gasteiger partial charge in [0.05, 0.1) is 18.4 Å². The van der Waals surface area contributed by atoms with Gasteiger partial charge in [-0.05, 0) is 69.4 Å². The average Bonchev–Trinajstić information content (AvgIpc) is 3.83. The summed E-state index contributed by atoms with van der Waals surface area (Å²) in [4.78, 5) is 28.0. The number of ether oxygens (including phenoxy) is 2. The smallest absolute Gasteiger partial charge is 0.407 e. The maximum Gasteiger partial charge on any atom is 0.407 e. The maximum atomic E-state index is 14.8. The van der Waals surface area contributed by atoms with E-state index in [9.17, 15) is 14.0 Å². The lowest BCUT2D eigenvalue weighted by atomic mass is 10.1. The summed E-state index contributed by atoms with van der Waals surface area (Å²) >= 11 is 0. The second kappa shape index (κ2) is 11.5. The molecule has 2 aromatic heterocycles. The van der Waals surface area contributed by atoms with Crippen molar-refractivity contribution in [2.45, 2.75) is 58.2 Å². The number of aromatic nitrogens is 3. The van der Waals surface area contributed by atoms with Crippen molar-refractivity contribution in [3.8, 4) is 11.5 Å². The lowest BCUT2D eigenvalue weighted by molar-refractivity contribution is 0.140. The van der Waals surface area contributed by atoms with Crippen LogP contribution in [-0.2, 0) is 11.3 Å². The molecule has 0 bridgehead atoms. The number of halogens is 1. The Kier molecular flexibility index (Phi) is 7.76. The lowest BCUT2D eigenvalue weighted by Crippen LogP contribution is -2.30. The Morgan fingerprint density at radius 1 is 1.13 bits per heavy atom. The van der Waals surface area contributed by atoms with Crippen LogP contribution in [0.25, 0.3) is 11.6 Å². The van der Waals surface area contributed by atoms with Gasteiger partial charge in [-0.1, -0.05) is 0 Å². The molecule has 204 valence electrons. The molecule has 3 aromatic rings. The van der Waals surface area contributed by atoms with Crippen LogP contribution >= 0.6 is 0 Å². The molecule has 0 unspecified atom stereocenters. The Morgan fingerprint density at radius 2 is 1.90 bits per heavy atom. The molecule has 1 aromatic carbocycles. The molecule has 3 amide bonds. The van der Waals surface area contributed by atoms with Crippen LogP contribution in [0.1, 0.15) is 49.4 Å². The molecule has 0 spiro atoms. The molecular formula is C28H31FN6O4. The fraction of sp³-hybridized carbons (Fsp3) is 0.357. The van der Waals surface area contributed by atoms with Crippen molar-refractivity contribution < 1.29 is 23.5 Å². The van der Waals surface area contributed by atoms with E-state index in [0.29, 0.717) is 23.7 Å². The standard InChI is InChI=1S/C28H31FN6O4/c1-17(19-15-31-35(16-19)11-12-38-28(37)34-21-5-6-21)13-24-18(2)25(9-10-30-24)39-26-8-7-22(14-23(26)29)33-27(36)32-20-3-4-20/h7-10,13-16,20-21H,3-6,11-12H2,1-2H3,(H,34,37)(H2,32,33,36)/b17-13+. The van der Waals surface area contributed by atoms with E-state index in [2.05, 4.69) is 26.0 Å². The second-order valence-electron chi connectivity index (χ2n) is 9.81. The summed E-state index contributed by atoms with van der Waals surface area (Å²) in [5, 5.41) is 12.6. The van der Waals surface area contributed by atoms with E-state index in [1.807, 2.05) is 26.1 Å². The van der Waals surface area contributed by atoms with Crippen molar-refractivity contribution in [3.05, 3.63) is 65.5 Å². The molecule has 2 fully saturated rings. The van der Waals surface area contributed by atoms with Gasteiger partial charge >= 0.3 is 12.1 Å². The molecule has 39 heavy (non-hydrogen) atoms. The van der Waals surface area contributed by atoms with Gasteiger partial charge < -0.3 is 25.4 Å². The van der Waals surface area contributed by atoms with Gasteiger partial charge in [-0.2, -0.15) is 5.10 Å². The molecule has 2 saturated carbocycles. The van der Waals surface area contributed by atoms with Crippen LogP contribution in [0.4, 0.5) is 19.7 Å². The largest absolute Gasteiger partial charge is 0.454 e. The van der Waals surface area contributed by atoms with Gasteiger partial charge in [0.2, 0.25) is 0 Å². The molecule has 0 atom stereocenters. The van der Waals surface area contributed by atoms with Gasteiger partial charge in [-0.25, -0.2) is 14.0 Å². The molecule has 2 aliphatic carbocycles. The first-order valence-corrected chi connectivity index (χ1v) is 13.0. The minimum atomic E-state index is -0.592. The number of rotatable bonds is 10. The summed E-state index contributed by atoms with van der Waals surface area (Å²) in [6.45, 7) is 4.46. The predicted octanol–water partition coefficient (Wildman–Crippen LogP) is 5.25. The van der Waals surface area contributed by atoms with Crippen LogP contribution in [0.3, 0.4) is 0 Å². The van der Waals surface area contributed by atoms with Gasteiger partial charge in [0.1, 0.15) is 12.4 Å². The number of hydrogen-bond donors (Lipinski definition) is 3. The van der Waals surface area contributed by atoms with Crippen LogP contribution in [0.5, 0.6) is 11.5 Å². The lowest BCUT2D eigenvalue weighted by Gasteiger charge is -2.12. The summed E-state index contributed by atoms with van der Waals surface area (Å²) in [7, 11) is 0. The van der Waals surface area contributed by atoms with Crippen LogP contribution in [0, 0.1) is 12.7 Å². The van der Waals surface area contributed by atoms with E-state index in [1.54, 1.807) is 29.2 Å². The van der Waals surface area contributed by atoms with Crippen LogP contribution in [0.2, 0.25) is 0 Å². The minimum Gasteiger partial charge on any atom is -0.454 e. The number of amides is 3. The monoisotopic (exact) mass is 534 g/mol. The summed E-state index contributed by atoms with van der Waals surface area (Å²) in [6.07, 6.45) is 10.7. The van der Waals surface area contributed by atoms with Crippen molar-refractivity contribution in [2.24, 2.45) is 0 Å². The average molecular weight is 535 g/mol. The molecular weight excluding hydrogens is 503 g/mol. The molecule has 0 saturated heterocycles. The maximum absolute atomic E-state index is 14.8. The molecule has 2 aliphatic rings.